The minimum absolute atomic E-state index is 0.000561. The van der Waals surface area contributed by atoms with Crippen LogP contribution < -0.4 is 0 Å². The minimum atomic E-state index is -0.144. The molecule has 0 rings (SSSR count). The van der Waals surface area contributed by atoms with E-state index in [9.17, 15) is 4.79 Å². The Bertz CT molecular complexity index is 166. The minimum Gasteiger partial charge on any atom is -0.462 e. The van der Waals surface area contributed by atoms with Crippen LogP contribution in [0.25, 0.3) is 0 Å². The first kappa shape index (κ1) is 13.4. The van der Waals surface area contributed by atoms with Crippen LogP contribution >= 0.6 is 0 Å². The van der Waals surface area contributed by atoms with E-state index < -0.39 is 0 Å². The fourth-order valence-corrected chi connectivity index (χ4v) is 1.08. The fraction of sp³-hybridized carbons (Fsp3) is 0.909. The summed E-state index contributed by atoms with van der Waals surface area (Å²) in [6.45, 7) is 8.34. The van der Waals surface area contributed by atoms with Crippen LogP contribution in [0.5, 0.6) is 0 Å². The third-order valence-corrected chi connectivity index (χ3v) is 2.35. The summed E-state index contributed by atoms with van der Waals surface area (Å²) in [5, 5.41) is 0. The van der Waals surface area contributed by atoms with Gasteiger partial charge in [-0.1, -0.05) is 20.8 Å². The number of hydrogen-bond acceptors (Lipinski definition) is 3. The van der Waals surface area contributed by atoms with Crippen molar-refractivity contribution in [2.45, 2.75) is 40.2 Å². The van der Waals surface area contributed by atoms with Crippen molar-refractivity contribution in [1.82, 2.24) is 0 Å². The number of carbonyl (C=O) groups excluding carboxylic acids is 1. The van der Waals surface area contributed by atoms with E-state index in [2.05, 4.69) is 0 Å². The quantitative estimate of drug-likeness (QED) is 0.620. The van der Waals surface area contributed by atoms with E-state index in [-0.39, 0.29) is 23.9 Å². The van der Waals surface area contributed by atoms with Crippen LogP contribution in [-0.4, -0.2) is 25.8 Å². The molecule has 3 heteroatoms. The Balaban J connectivity index is 4.15. The lowest BCUT2D eigenvalue weighted by Crippen LogP contribution is -2.29. The molecule has 0 aliphatic rings. The van der Waals surface area contributed by atoms with Gasteiger partial charge in [0.2, 0.25) is 0 Å². The van der Waals surface area contributed by atoms with Gasteiger partial charge < -0.3 is 9.47 Å². The average molecular weight is 202 g/mol. The molecule has 84 valence electrons. The standard InChI is InChI=1S/C11H22O3/c1-6-9(4)14-11(12)10(7-13-5)8(2)3/h8-10H,6-7H2,1-5H3. The van der Waals surface area contributed by atoms with Crippen LogP contribution in [0.15, 0.2) is 0 Å². The molecule has 0 aliphatic heterocycles. The van der Waals surface area contributed by atoms with Crippen molar-refractivity contribution in [2.24, 2.45) is 11.8 Å². The van der Waals surface area contributed by atoms with Crippen molar-refractivity contribution >= 4 is 5.97 Å². The molecule has 0 amide bonds. The summed E-state index contributed by atoms with van der Waals surface area (Å²) in [5.74, 6) is -0.0308. The maximum atomic E-state index is 11.6. The average Bonchev–Trinajstić information content (AvgIpc) is 2.13. The van der Waals surface area contributed by atoms with E-state index in [0.717, 1.165) is 6.42 Å². The Kier molecular flexibility index (Phi) is 6.54. The first-order valence-corrected chi connectivity index (χ1v) is 5.22. The molecule has 0 aromatic heterocycles. The van der Waals surface area contributed by atoms with Crippen LogP contribution in [0.2, 0.25) is 0 Å². The Morgan fingerprint density at radius 2 is 1.86 bits per heavy atom. The molecule has 0 N–H and O–H groups in total. The van der Waals surface area contributed by atoms with Gasteiger partial charge in [0.05, 0.1) is 18.6 Å². The third kappa shape index (κ3) is 4.61. The smallest absolute Gasteiger partial charge is 0.311 e. The summed E-state index contributed by atoms with van der Waals surface area (Å²) in [5.41, 5.74) is 0. The van der Waals surface area contributed by atoms with E-state index in [0.29, 0.717) is 6.61 Å². The highest BCUT2D eigenvalue weighted by Crippen LogP contribution is 2.14. The number of methoxy groups -OCH3 is 1. The second-order valence-corrected chi connectivity index (χ2v) is 3.96. The zero-order valence-electron chi connectivity index (χ0n) is 9.87. The first-order valence-electron chi connectivity index (χ1n) is 5.22. The second-order valence-electron chi connectivity index (χ2n) is 3.96. The largest absolute Gasteiger partial charge is 0.462 e. The van der Waals surface area contributed by atoms with Crippen LogP contribution in [-0.2, 0) is 14.3 Å². The van der Waals surface area contributed by atoms with Crippen molar-refractivity contribution in [3.05, 3.63) is 0 Å². The Labute approximate surface area is 86.8 Å². The summed E-state index contributed by atoms with van der Waals surface area (Å²) >= 11 is 0. The van der Waals surface area contributed by atoms with Crippen LogP contribution in [0.4, 0.5) is 0 Å². The highest BCUT2D eigenvalue weighted by Gasteiger charge is 2.24. The fourth-order valence-electron chi connectivity index (χ4n) is 1.08. The first-order chi connectivity index (χ1) is 6.52. The van der Waals surface area contributed by atoms with Gasteiger partial charge in [-0.2, -0.15) is 0 Å². The van der Waals surface area contributed by atoms with E-state index in [4.69, 9.17) is 9.47 Å². The third-order valence-electron chi connectivity index (χ3n) is 2.35. The van der Waals surface area contributed by atoms with Crippen molar-refractivity contribution in [2.75, 3.05) is 13.7 Å². The molecular weight excluding hydrogens is 180 g/mol. The van der Waals surface area contributed by atoms with E-state index >= 15 is 0 Å². The number of esters is 1. The molecule has 0 aliphatic carbocycles. The predicted octanol–water partition coefficient (Wildman–Crippen LogP) is 2.25. The second kappa shape index (κ2) is 6.82. The lowest BCUT2D eigenvalue weighted by molar-refractivity contribution is -0.157. The summed E-state index contributed by atoms with van der Waals surface area (Å²) in [6, 6.07) is 0. The van der Waals surface area contributed by atoms with Gasteiger partial charge in [-0.3, -0.25) is 4.79 Å². The molecule has 14 heavy (non-hydrogen) atoms. The van der Waals surface area contributed by atoms with Gasteiger partial charge in [-0.15, -0.1) is 0 Å². The molecule has 0 spiro atoms. The van der Waals surface area contributed by atoms with Gasteiger partial charge in [0.15, 0.2) is 0 Å². The van der Waals surface area contributed by atoms with Crippen LogP contribution in [0.1, 0.15) is 34.1 Å². The zero-order valence-corrected chi connectivity index (χ0v) is 9.87. The molecule has 0 fully saturated rings. The van der Waals surface area contributed by atoms with E-state index in [1.807, 2.05) is 27.7 Å². The van der Waals surface area contributed by atoms with E-state index in [1.54, 1.807) is 7.11 Å². The topological polar surface area (TPSA) is 35.5 Å². The monoisotopic (exact) mass is 202 g/mol. The van der Waals surface area contributed by atoms with Crippen molar-refractivity contribution in [1.29, 1.82) is 0 Å². The van der Waals surface area contributed by atoms with Gasteiger partial charge in [0.1, 0.15) is 0 Å². The number of hydrogen-bond donors (Lipinski definition) is 0. The molecule has 0 bridgehead atoms. The van der Waals surface area contributed by atoms with Gasteiger partial charge >= 0.3 is 5.97 Å². The van der Waals surface area contributed by atoms with Crippen LogP contribution in [0.3, 0.4) is 0 Å². The molecule has 2 unspecified atom stereocenters. The van der Waals surface area contributed by atoms with Gasteiger partial charge in [0, 0.05) is 7.11 Å². The van der Waals surface area contributed by atoms with Gasteiger partial charge in [-0.05, 0) is 19.3 Å². The van der Waals surface area contributed by atoms with Crippen LogP contribution in [0, 0.1) is 11.8 Å². The SMILES string of the molecule is CCC(C)OC(=O)C(COC)C(C)C. The highest BCUT2D eigenvalue weighted by atomic mass is 16.5. The molecule has 0 radical (unpaired) electrons. The molecule has 0 saturated heterocycles. The number of carbonyl (C=O) groups is 1. The summed E-state index contributed by atoms with van der Waals surface area (Å²) < 4.78 is 10.3. The number of ether oxygens (including phenoxy) is 2. The van der Waals surface area contributed by atoms with Crippen molar-refractivity contribution in [3.63, 3.8) is 0 Å². The summed E-state index contributed by atoms with van der Waals surface area (Å²) in [7, 11) is 1.60. The zero-order chi connectivity index (χ0) is 11.1. The van der Waals surface area contributed by atoms with Gasteiger partial charge in [-0.25, -0.2) is 0 Å². The Morgan fingerprint density at radius 3 is 2.21 bits per heavy atom. The maximum Gasteiger partial charge on any atom is 0.311 e. The summed E-state index contributed by atoms with van der Waals surface area (Å²) in [6.07, 6.45) is 0.851. The number of rotatable bonds is 6. The predicted molar refractivity (Wildman–Crippen MR) is 56.0 cm³/mol. The molecule has 2 atom stereocenters. The normalized spacial score (nSPS) is 15.3. The maximum absolute atomic E-state index is 11.6. The van der Waals surface area contributed by atoms with Gasteiger partial charge in [0.25, 0.3) is 0 Å². The lowest BCUT2D eigenvalue weighted by Gasteiger charge is -2.20. The molecule has 0 heterocycles. The van der Waals surface area contributed by atoms with Crippen molar-refractivity contribution in [3.8, 4) is 0 Å². The summed E-state index contributed by atoms with van der Waals surface area (Å²) in [4.78, 5) is 11.6. The molecule has 0 aromatic carbocycles. The van der Waals surface area contributed by atoms with E-state index in [1.165, 1.54) is 0 Å². The molecular formula is C11H22O3. The molecule has 0 aromatic rings. The highest BCUT2D eigenvalue weighted by molar-refractivity contribution is 5.73. The van der Waals surface area contributed by atoms with Crippen molar-refractivity contribution < 1.29 is 14.3 Å². The molecule has 3 nitrogen and oxygen atoms in total. The molecule has 0 saturated carbocycles. The lowest BCUT2D eigenvalue weighted by atomic mass is 9.97. The Morgan fingerprint density at radius 1 is 1.29 bits per heavy atom. The Hall–Kier alpha value is -0.570.